The molecule has 0 saturated carbocycles. The second-order valence-corrected chi connectivity index (χ2v) is 6.18. The van der Waals surface area contributed by atoms with Crippen LogP contribution in [-0.4, -0.2) is 33.7 Å². The summed E-state index contributed by atoms with van der Waals surface area (Å²) >= 11 is 1.35. The summed E-state index contributed by atoms with van der Waals surface area (Å²) in [6.45, 7) is 0.264. The van der Waals surface area contributed by atoms with Crippen LogP contribution in [0, 0.1) is 10.1 Å². The number of amides is 1. The Morgan fingerprint density at radius 3 is 2.96 bits per heavy atom. The highest BCUT2D eigenvalue weighted by Gasteiger charge is 2.35. The van der Waals surface area contributed by atoms with Gasteiger partial charge in [0, 0.05) is 6.07 Å². The molecule has 2 heterocycles. The van der Waals surface area contributed by atoms with Gasteiger partial charge in [-0.2, -0.15) is 0 Å². The van der Waals surface area contributed by atoms with Crippen LogP contribution >= 0.6 is 11.8 Å². The van der Waals surface area contributed by atoms with E-state index in [0.29, 0.717) is 11.3 Å². The van der Waals surface area contributed by atoms with Crippen molar-refractivity contribution in [1.82, 2.24) is 4.90 Å². The summed E-state index contributed by atoms with van der Waals surface area (Å²) in [4.78, 5) is 24.2. The molecule has 1 atom stereocenters. The minimum Gasteiger partial charge on any atom is -0.500 e. The maximum absolute atomic E-state index is 12.2. The number of ether oxygens (including phenoxy) is 1. The molecule has 0 bridgehead atoms. The molecule has 9 heteroatoms. The lowest BCUT2D eigenvalue weighted by atomic mass is 10.1. The van der Waals surface area contributed by atoms with Gasteiger partial charge >= 0.3 is 5.69 Å². The number of rotatable bonds is 5. The fraction of sp³-hybridized carbons (Fsp3) is 0.267. The minimum absolute atomic E-state index is 0.00269. The predicted molar refractivity (Wildman–Crippen MR) is 85.8 cm³/mol. The normalized spacial score (nSPS) is 17.3. The van der Waals surface area contributed by atoms with Crippen LogP contribution in [0.2, 0.25) is 0 Å². The van der Waals surface area contributed by atoms with Crippen molar-refractivity contribution in [2.45, 2.75) is 11.9 Å². The zero-order chi connectivity index (χ0) is 17.3. The Balaban J connectivity index is 1.98. The van der Waals surface area contributed by atoms with E-state index < -0.39 is 21.7 Å². The largest absolute Gasteiger partial charge is 0.500 e. The lowest BCUT2D eigenvalue weighted by Gasteiger charge is -2.23. The van der Waals surface area contributed by atoms with E-state index in [1.54, 1.807) is 17.0 Å². The number of aromatic hydroxyl groups is 1. The van der Waals surface area contributed by atoms with Crippen LogP contribution < -0.4 is 4.74 Å². The van der Waals surface area contributed by atoms with Crippen LogP contribution in [0.3, 0.4) is 0 Å². The van der Waals surface area contributed by atoms with Gasteiger partial charge in [-0.15, -0.1) is 11.8 Å². The van der Waals surface area contributed by atoms with Crippen molar-refractivity contribution < 1.29 is 24.0 Å². The molecule has 0 spiro atoms. The fourth-order valence-corrected chi connectivity index (χ4v) is 3.69. The standard InChI is InChI=1S/C15H14N2O6S/c1-22-12-6-9(5-11(14(12)19)17(20)21)15-16(13(18)8-24-15)7-10-3-2-4-23-10/h2-6,15,19H,7-8H2,1H3. The van der Waals surface area contributed by atoms with Crippen LogP contribution in [0.15, 0.2) is 34.9 Å². The summed E-state index contributed by atoms with van der Waals surface area (Å²) in [5.41, 5.74) is 0.0565. The number of hydrogen-bond donors (Lipinski definition) is 1. The zero-order valence-corrected chi connectivity index (χ0v) is 13.5. The van der Waals surface area contributed by atoms with E-state index in [9.17, 15) is 20.0 Å². The van der Waals surface area contributed by atoms with Gasteiger partial charge in [-0.3, -0.25) is 14.9 Å². The number of phenolic OH excluding ortho intramolecular Hbond substituents is 1. The van der Waals surface area contributed by atoms with Gasteiger partial charge in [0.1, 0.15) is 11.1 Å². The monoisotopic (exact) mass is 350 g/mol. The highest BCUT2D eigenvalue weighted by atomic mass is 32.2. The van der Waals surface area contributed by atoms with Gasteiger partial charge in [-0.25, -0.2) is 0 Å². The molecule has 2 aromatic rings. The van der Waals surface area contributed by atoms with Gasteiger partial charge in [0.25, 0.3) is 0 Å². The van der Waals surface area contributed by atoms with Crippen LogP contribution in [0.5, 0.6) is 11.5 Å². The average molecular weight is 350 g/mol. The van der Waals surface area contributed by atoms with Crippen molar-refractivity contribution in [3.05, 3.63) is 52.0 Å². The highest BCUT2D eigenvalue weighted by molar-refractivity contribution is 8.00. The van der Waals surface area contributed by atoms with E-state index in [-0.39, 0.29) is 24.0 Å². The van der Waals surface area contributed by atoms with E-state index in [1.165, 1.54) is 37.3 Å². The smallest absolute Gasteiger partial charge is 0.315 e. The van der Waals surface area contributed by atoms with Crippen LogP contribution in [0.25, 0.3) is 0 Å². The topological polar surface area (TPSA) is 106 Å². The fourth-order valence-electron chi connectivity index (χ4n) is 2.52. The molecule has 1 unspecified atom stereocenters. The zero-order valence-electron chi connectivity index (χ0n) is 12.7. The minimum atomic E-state index is -0.681. The third-order valence-corrected chi connectivity index (χ3v) is 4.91. The molecular weight excluding hydrogens is 336 g/mol. The molecule has 1 aliphatic rings. The van der Waals surface area contributed by atoms with Crippen molar-refractivity contribution in [3.8, 4) is 11.5 Å². The van der Waals surface area contributed by atoms with Crippen LogP contribution in [-0.2, 0) is 11.3 Å². The summed E-state index contributed by atoms with van der Waals surface area (Å²) in [6, 6.07) is 6.26. The summed E-state index contributed by atoms with van der Waals surface area (Å²) in [6.07, 6.45) is 1.52. The van der Waals surface area contributed by atoms with Crippen LogP contribution in [0.1, 0.15) is 16.7 Å². The number of thioether (sulfide) groups is 1. The third kappa shape index (κ3) is 2.90. The molecule has 1 N–H and O–H groups in total. The van der Waals surface area contributed by atoms with E-state index in [2.05, 4.69) is 0 Å². The summed E-state index contributed by atoms with van der Waals surface area (Å²) < 4.78 is 10.3. The van der Waals surface area contributed by atoms with Gasteiger partial charge < -0.3 is 19.2 Å². The first-order valence-corrected chi connectivity index (χ1v) is 8.05. The molecule has 0 radical (unpaired) electrons. The molecular formula is C15H14N2O6S. The van der Waals surface area contributed by atoms with E-state index in [4.69, 9.17) is 9.15 Å². The van der Waals surface area contributed by atoms with Gasteiger partial charge in [-0.05, 0) is 23.8 Å². The van der Waals surface area contributed by atoms with Gasteiger partial charge in [0.05, 0.1) is 30.6 Å². The first kappa shape index (κ1) is 16.2. The average Bonchev–Trinajstić information content (AvgIpc) is 3.19. The Morgan fingerprint density at radius 1 is 1.54 bits per heavy atom. The maximum Gasteiger partial charge on any atom is 0.315 e. The lowest BCUT2D eigenvalue weighted by Crippen LogP contribution is -2.27. The summed E-state index contributed by atoms with van der Waals surface area (Å²) in [5.74, 6) is 0.268. The second-order valence-electron chi connectivity index (χ2n) is 5.11. The molecule has 1 saturated heterocycles. The second kappa shape index (κ2) is 6.44. The molecule has 3 rings (SSSR count). The number of methoxy groups -OCH3 is 1. The molecule has 1 aromatic heterocycles. The Kier molecular flexibility index (Phi) is 4.34. The van der Waals surface area contributed by atoms with Crippen molar-refractivity contribution in [3.63, 3.8) is 0 Å². The van der Waals surface area contributed by atoms with Crippen molar-refractivity contribution >= 4 is 23.4 Å². The first-order chi connectivity index (χ1) is 11.5. The SMILES string of the molecule is COc1cc(C2SCC(=O)N2Cc2ccco2)cc([N+](=O)[O-])c1O. The molecule has 126 valence electrons. The maximum atomic E-state index is 12.2. The van der Waals surface area contributed by atoms with Crippen molar-refractivity contribution in [1.29, 1.82) is 0 Å². The van der Waals surface area contributed by atoms with E-state index in [0.717, 1.165) is 0 Å². The predicted octanol–water partition coefficient (Wildman–Crippen LogP) is 2.68. The number of nitro groups is 1. The van der Waals surface area contributed by atoms with Gasteiger partial charge in [0.2, 0.25) is 11.7 Å². The van der Waals surface area contributed by atoms with Crippen LogP contribution in [0.4, 0.5) is 5.69 Å². The number of phenols is 1. The molecule has 0 aliphatic carbocycles. The molecule has 1 aromatic carbocycles. The first-order valence-electron chi connectivity index (χ1n) is 7.00. The van der Waals surface area contributed by atoms with E-state index >= 15 is 0 Å². The Hall–Kier alpha value is -2.68. The summed E-state index contributed by atoms with van der Waals surface area (Å²) in [7, 11) is 1.32. The Bertz CT molecular complexity index is 777. The quantitative estimate of drug-likeness (QED) is 0.652. The third-order valence-electron chi connectivity index (χ3n) is 3.65. The molecule has 8 nitrogen and oxygen atoms in total. The molecule has 1 aliphatic heterocycles. The number of carbonyl (C=O) groups is 1. The Morgan fingerprint density at radius 2 is 2.33 bits per heavy atom. The Labute approximate surface area is 141 Å². The number of benzene rings is 1. The van der Waals surface area contributed by atoms with Crippen molar-refractivity contribution in [2.24, 2.45) is 0 Å². The number of furan rings is 1. The summed E-state index contributed by atoms with van der Waals surface area (Å²) in [5, 5.41) is 20.6. The van der Waals surface area contributed by atoms with E-state index in [1.807, 2.05) is 0 Å². The van der Waals surface area contributed by atoms with Gasteiger partial charge in [0.15, 0.2) is 5.75 Å². The lowest BCUT2D eigenvalue weighted by molar-refractivity contribution is -0.386. The molecule has 24 heavy (non-hydrogen) atoms. The van der Waals surface area contributed by atoms with Crippen molar-refractivity contribution in [2.75, 3.05) is 12.9 Å². The van der Waals surface area contributed by atoms with Gasteiger partial charge in [-0.1, -0.05) is 0 Å². The molecule has 1 fully saturated rings. The number of nitrogens with zero attached hydrogens (tertiary/aromatic N) is 2. The number of nitro benzene ring substituents is 1. The number of carbonyl (C=O) groups excluding carboxylic acids is 1. The molecule has 1 amide bonds. The highest BCUT2D eigenvalue weighted by Crippen LogP contribution is 2.45. The number of hydrogen-bond acceptors (Lipinski definition) is 7.